The second-order valence-electron chi connectivity index (χ2n) is 7.37. The Balaban J connectivity index is 1.51. The molecule has 33 heavy (non-hydrogen) atoms. The second-order valence-corrected chi connectivity index (χ2v) is 8.75. The monoisotopic (exact) mass is 475 g/mol. The van der Waals surface area contributed by atoms with E-state index in [9.17, 15) is 4.79 Å². The third-order valence-corrected chi connectivity index (χ3v) is 6.08. The molecule has 0 aliphatic rings. The molecule has 4 aromatic rings. The van der Waals surface area contributed by atoms with Crippen molar-refractivity contribution in [2.45, 2.75) is 19.0 Å². The van der Waals surface area contributed by atoms with Crippen LogP contribution < -0.4 is 5.43 Å². The molecule has 166 valence electrons. The fourth-order valence-electron chi connectivity index (χ4n) is 3.13. The Kier molecular flexibility index (Phi) is 7.22. The molecule has 0 aliphatic heterocycles. The molecule has 0 atom stereocenters. The van der Waals surface area contributed by atoms with E-state index in [-0.39, 0.29) is 11.7 Å². The molecule has 0 radical (unpaired) electrons. The summed E-state index contributed by atoms with van der Waals surface area (Å²) in [4.78, 5) is 12.5. The summed E-state index contributed by atoms with van der Waals surface area (Å²) < 4.78 is 1.92. The van der Waals surface area contributed by atoms with Crippen molar-refractivity contribution >= 4 is 35.0 Å². The van der Waals surface area contributed by atoms with Crippen LogP contribution in [0.1, 0.15) is 18.1 Å². The molecule has 0 fully saturated rings. The summed E-state index contributed by atoms with van der Waals surface area (Å²) in [6.07, 6.45) is 0. The number of nitrogens with zero attached hydrogens (tertiary/aromatic N) is 4. The van der Waals surface area contributed by atoms with Crippen LogP contribution in [0.2, 0.25) is 5.02 Å². The predicted molar refractivity (Wildman–Crippen MR) is 134 cm³/mol. The average molecular weight is 476 g/mol. The fourth-order valence-corrected chi connectivity index (χ4v) is 4.00. The first-order valence-electron chi connectivity index (χ1n) is 10.3. The van der Waals surface area contributed by atoms with Crippen LogP contribution >= 0.6 is 23.4 Å². The van der Waals surface area contributed by atoms with Crippen molar-refractivity contribution in [1.29, 1.82) is 0 Å². The van der Waals surface area contributed by atoms with Crippen LogP contribution in [0.15, 0.2) is 89.1 Å². The van der Waals surface area contributed by atoms with E-state index >= 15 is 0 Å². The van der Waals surface area contributed by atoms with E-state index in [2.05, 4.69) is 20.7 Å². The molecular formula is C25H22ClN5OS. The topological polar surface area (TPSA) is 72.2 Å². The number of amides is 1. The summed E-state index contributed by atoms with van der Waals surface area (Å²) in [5.41, 5.74) is 7.28. The number of hydrogen-bond donors (Lipinski definition) is 1. The normalized spacial score (nSPS) is 11.4. The molecule has 1 amide bonds. The van der Waals surface area contributed by atoms with E-state index in [1.807, 2.05) is 97.3 Å². The van der Waals surface area contributed by atoms with Crippen LogP contribution in [-0.4, -0.2) is 32.1 Å². The van der Waals surface area contributed by atoms with Crippen LogP contribution in [0.3, 0.4) is 0 Å². The van der Waals surface area contributed by atoms with Gasteiger partial charge in [0, 0.05) is 16.3 Å². The van der Waals surface area contributed by atoms with Crippen molar-refractivity contribution in [3.8, 4) is 17.1 Å². The highest BCUT2D eigenvalue weighted by molar-refractivity contribution is 7.99. The molecule has 6 nitrogen and oxygen atoms in total. The number of thioether (sulfide) groups is 1. The number of halogens is 1. The maximum atomic E-state index is 12.5. The summed E-state index contributed by atoms with van der Waals surface area (Å²) in [6, 6.07) is 25.2. The predicted octanol–water partition coefficient (Wildman–Crippen LogP) is 5.53. The number of hydrogen-bond acceptors (Lipinski definition) is 5. The number of carbonyl (C=O) groups excluding carboxylic acids is 1. The first kappa shape index (κ1) is 22.8. The van der Waals surface area contributed by atoms with Gasteiger partial charge in [-0.2, -0.15) is 5.10 Å². The SMILES string of the molecule is C/C(=N/NC(=O)CSc1nnc(-c2ccccc2)n1-c1ccc(Cl)cc1)c1ccc(C)cc1. The largest absolute Gasteiger partial charge is 0.272 e. The maximum Gasteiger partial charge on any atom is 0.250 e. The molecule has 0 unspecified atom stereocenters. The van der Waals surface area contributed by atoms with E-state index in [0.29, 0.717) is 16.0 Å². The van der Waals surface area contributed by atoms with E-state index in [4.69, 9.17) is 11.6 Å². The smallest absolute Gasteiger partial charge is 0.250 e. The lowest BCUT2D eigenvalue weighted by Crippen LogP contribution is -2.21. The average Bonchev–Trinajstić information content (AvgIpc) is 3.26. The lowest BCUT2D eigenvalue weighted by Gasteiger charge is -2.10. The maximum absolute atomic E-state index is 12.5. The number of rotatable bonds is 7. The van der Waals surface area contributed by atoms with Gasteiger partial charge < -0.3 is 0 Å². The number of benzene rings is 3. The highest BCUT2D eigenvalue weighted by atomic mass is 35.5. The van der Waals surface area contributed by atoms with E-state index in [1.165, 1.54) is 17.3 Å². The zero-order chi connectivity index (χ0) is 23.2. The van der Waals surface area contributed by atoms with Crippen LogP contribution in [0, 0.1) is 6.92 Å². The third kappa shape index (κ3) is 5.69. The third-order valence-electron chi connectivity index (χ3n) is 4.90. The van der Waals surface area contributed by atoms with Crippen molar-refractivity contribution in [1.82, 2.24) is 20.2 Å². The number of nitrogens with one attached hydrogen (secondary N) is 1. The highest BCUT2D eigenvalue weighted by Gasteiger charge is 2.17. The van der Waals surface area contributed by atoms with Gasteiger partial charge in [-0.3, -0.25) is 9.36 Å². The number of carbonyl (C=O) groups is 1. The summed E-state index contributed by atoms with van der Waals surface area (Å²) >= 11 is 7.37. The second kappa shape index (κ2) is 10.5. The Morgan fingerprint density at radius 1 is 1.00 bits per heavy atom. The van der Waals surface area contributed by atoms with Gasteiger partial charge in [-0.1, -0.05) is 83.5 Å². The van der Waals surface area contributed by atoms with Crippen LogP contribution in [0.25, 0.3) is 17.1 Å². The van der Waals surface area contributed by atoms with Gasteiger partial charge in [0.25, 0.3) is 5.91 Å². The lowest BCUT2D eigenvalue weighted by atomic mass is 10.1. The van der Waals surface area contributed by atoms with Gasteiger partial charge in [-0.05, 0) is 43.7 Å². The zero-order valence-corrected chi connectivity index (χ0v) is 19.8. The Hall–Kier alpha value is -3.42. The number of aromatic nitrogens is 3. The summed E-state index contributed by atoms with van der Waals surface area (Å²) in [6.45, 7) is 3.89. The van der Waals surface area contributed by atoms with E-state index in [0.717, 1.165) is 22.5 Å². The molecule has 1 aromatic heterocycles. The van der Waals surface area contributed by atoms with Gasteiger partial charge in [0.2, 0.25) is 0 Å². The van der Waals surface area contributed by atoms with Gasteiger partial charge in [0.1, 0.15) is 0 Å². The van der Waals surface area contributed by atoms with Crippen molar-refractivity contribution in [3.63, 3.8) is 0 Å². The van der Waals surface area contributed by atoms with Crippen molar-refractivity contribution < 1.29 is 4.79 Å². The summed E-state index contributed by atoms with van der Waals surface area (Å²) in [5.74, 6) is 0.609. The molecule has 1 heterocycles. The van der Waals surface area contributed by atoms with Crippen molar-refractivity contribution in [3.05, 3.63) is 95.0 Å². The molecule has 0 aliphatic carbocycles. The molecule has 1 N–H and O–H groups in total. The number of hydrazone groups is 1. The van der Waals surface area contributed by atoms with E-state index < -0.39 is 0 Å². The van der Waals surface area contributed by atoms with Crippen molar-refractivity contribution in [2.24, 2.45) is 5.10 Å². The summed E-state index contributed by atoms with van der Waals surface area (Å²) in [5, 5.41) is 14.2. The molecule has 0 saturated heterocycles. The van der Waals surface area contributed by atoms with E-state index in [1.54, 1.807) is 0 Å². The lowest BCUT2D eigenvalue weighted by molar-refractivity contribution is -0.118. The minimum atomic E-state index is -0.224. The van der Waals surface area contributed by atoms with Crippen LogP contribution in [0.4, 0.5) is 0 Å². The molecule has 0 saturated carbocycles. The van der Waals surface area contributed by atoms with Gasteiger partial charge >= 0.3 is 0 Å². The molecule has 8 heteroatoms. The molecule has 0 bridgehead atoms. The van der Waals surface area contributed by atoms with Gasteiger partial charge in [-0.25, -0.2) is 5.43 Å². The van der Waals surface area contributed by atoms with Crippen LogP contribution in [-0.2, 0) is 4.79 Å². The minimum absolute atomic E-state index is 0.144. The molecule has 4 rings (SSSR count). The molecular weight excluding hydrogens is 454 g/mol. The van der Waals surface area contributed by atoms with Crippen molar-refractivity contribution in [2.75, 3.05) is 5.75 Å². The molecule has 0 spiro atoms. The van der Waals surface area contributed by atoms with Gasteiger partial charge in [-0.15, -0.1) is 10.2 Å². The zero-order valence-electron chi connectivity index (χ0n) is 18.2. The molecule has 3 aromatic carbocycles. The Morgan fingerprint density at radius 3 is 2.39 bits per heavy atom. The standard InChI is InChI=1S/C25H22ClN5OS/c1-17-8-10-19(11-9-17)18(2)27-28-23(32)16-33-25-30-29-24(20-6-4-3-5-7-20)31(25)22-14-12-21(26)13-15-22/h3-15H,16H2,1-2H3,(H,28,32)/b27-18-. The quantitative estimate of drug-likeness (QED) is 0.217. The highest BCUT2D eigenvalue weighted by Crippen LogP contribution is 2.28. The Morgan fingerprint density at radius 2 is 1.70 bits per heavy atom. The number of aryl methyl sites for hydroxylation is 1. The Labute approximate surface area is 201 Å². The van der Waals surface area contributed by atoms with Gasteiger partial charge in [0.05, 0.1) is 11.5 Å². The van der Waals surface area contributed by atoms with Gasteiger partial charge in [0.15, 0.2) is 11.0 Å². The first-order valence-corrected chi connectivity index (χ1v) is 11.7. The first-order chi connectivity index (χ1) is 16.0. The Bertz CT molecular complexity index is 1270. The van der Waals surface area contributed by atoms with Crippen LogP contribution in [0.5, 0.6) is 0 Å². The minimum Gasteiger partial charge on any atom is -0.272 e. The summed E-state index contributed by atoms with van der Waals surface area (Å²) in [7, 11) is 0. The fraction of sp³-hybridized carbons (Fsp3) is 0.120.